The average Bonchev–Trinajstić information content (AvgIpc) is 3.20. The largest absolute Gasteiger partial charge is 0.382 e. The summed E-state index contributed by atoms with van der Waals surface area (Å²) in [7, 11) is -3.88. The fourth-order valence-electron chi connectivity index (χ4n) is 4.76. The summed E-state index contributed by atoms with van der Waals surface area (Å²) >= 11 is 18.6. The Morgan fingerprint density at radius 2 is 1.92 bits per heavy atom. The molecule has 1 fully saturated rings. The molecule has 3 N–H and O–H groups in total. The van der Waals surface area contributed by atoms with Crippen LogP contribution in [0.3, 0.4) is 0 Å². The minimum absolute atomic E-state index is 0.113. The summed E-state index contributed by atoms with van der Waals surface area (Å²) in [6, 6.07) is 14.3. The van der Waals surface area contributed by atoms with Gasteiger partial charge in [0.15, 0.2) is 0 Å². The number of hydrogen-bond acceptors (Lipinski definition) is 5. The molecule has 38 heavy (non-hydrogen) atoms. The Balaban J connectivity index is 1.71. The molecular formula is C27H30Cl2FN3O3S2. The predicted octanol–water partition coefficient (Wildman–Crippen LogP) is 6.36. The summed E-state index contributed by atoms with van der Waals surface area (Å²) in [5.74, 6) is -0.240. The number of hydrogen-bond donors (Lipinski definition) is 2. The van der Waals surface area contributed by atoms with Crippen LogP contribution in [-0.4, -0.2) is 42.5 Å². The summed E-state index contributed by atoms with van der Waals surface area (Å²) in [6.07, 6.45) is 3.85. The fourth-order valence-corrected chi connectivity index (χ4v) is 6.59. The number of nitrogens with one attached hydrogen (secondary N) is 1. The maximum absolute atomic E-state index is 12.4. The third kappa shape index (κ3) is 6.87. The van der Waals surface area contributed by atoms with E-state index in [1.54, 1.807) is 36.4 Å². The van der Waals surface area contributed by atoms with Gasteiger partial charge in [0.2, 0.25) is 0 Å². The van der Waals surface area contributed by atoms with Crippen molar-refractivity contribution in [1.82, 2.24) is 9.88 Å². The SMILES string of the molecule is Cc1c(C(=S)NC2CCCC(N)C2)cc(-c2ccc(Cl)cc2Cl)n1-c1ccc(OS(=O)(=O)CCCF)cc1. The Morgan fingerprint density at radius 1 is 1.18 bits per heavy atom. The molecule has 6 nitrogen and oxygen atoms in total. The summed E-state index contributed by atoms with van der Waals surface area (Å²) in [4.78, 5) is 0.630. The highest BCUT2D eigenvalue weighted by Crippen LogP contribution is 2.36. The van der Waals surface area contributed by atoms with Gasteiger partial charge in [-0.3, -0.25) is 4.39 Å². The second kappa shape index (κ2) is 12.3. The highest BCUT2D eigenvalue weighted by Gasteiger charge is 2.24. The maximum atomic E-state index is 12.4. The van der Waals surface area contributed by atoms with Crippen LogP contribution in [0, 0.1) is 6.92 Å². The summed E-state index contributed by atoms with van der Waals surface area (Å²) in [5.41, 5.74) is 10.2. The molecule has 2 unspecified atom stereocenters. The normalized spacial score (nSPS) is 17.8. The van der Waals surface area contributed by atoms with E-state index in [-0.39, 0.29) is 30.0 Å². The molecule has 204 valence electrons. The molecule has 2 aromatic carbocycles. The Kier molecular flexibility index (Phi) is 9.36. The summed E-state index contributed by atoms with van der Waals surface area (Å²) in [6.45, 7) is 1.24. The fraction of sp³-hybridized carbons (Fsp3) is 0.370. The first-order valence-electron chi connectivity index (χ1n) is 12.4. The maximum Gasteiger partial charge on any atom is 0.309 e. The van der Waals surface area contributed by atoms with Gasteiger partial charge in [0.1, 0.15) is 10.7 Å². The Hall–Kier alpha value is -2.17. The molecule has 1 aliphatic rings. The van der Waals surface area contributed by atoms with E-state index >= 15 is 0 Å². The molecule has 0 amide bonds. The first-order chi connectivity index (χ1) is 18.1. The van der Waals surface area contributed by atoms with Crippen molar-refractivity contribution in [2.45, 2.75) is 51.1 Å². The lowest BCUT2D eigenvalue weighted by molar-refractivity contribution is 0.372. The van der Waals surface area contributed by atoms with E-state index < -0.39 is 16.8 Å². The van der Waals surface area contributed by atoms with Crippen LogP contribution in [-0.2, 0) is 10.1 Å². The highest BCUT2D eigenvalue weighted by atomic mass is 35.5. The number of halogens is 3. The van der Waals surface area contributed by atoms with Gasteiger partial charge >= 0.3 is 10.1 Å². The minimum Gasteiger partial charge on any atom is -0.382 e. The molecule has 0 radical (unpaired) electrons. The minimum atomic E-state index is -3.88. The van der Waals surface area contributed by atoms with Crippen LogP contribution in [0.5, 0.6) is 5.75 Å². The van der Waals surface area contributed by atoms with Crippen molar-refractivity contribution in [3.05, 3.63) is 69.8 Å². The number of thiocarbonyl (C=S) groups is 1. The zero-order chi connectivity index (χ0) is 27.4. The van der Waals surface area contributed by atoms with Crippen LogP contribution in [0.15, 0.2) is 48.5 Å². The second-order valence-corrected chi connectivity index (χ2v) is 12.4. The molecule has 0 aliphatic heterocycles. The van der Waals surface area contributed by atoms with Gasteiger partial charge in [0.25, 0.3) is 0 Å². The van der Waals surface area contributed by atoms with Crippen LogP contribution in [0.4, 0.5) is 4.39 Å². The Labute approximate surface area is 238 Å². The topological polar surface area (TPSA) is 86.3 Å². The number of benzene rings is 2. The molecule has 3 aromatic rings. The van der Waals surface area contributed by atoms with Gasteiger partial charge in [-0.2, -0.15) is 8.42 Å². The molecule has 11 heteroatoms. The molecule has 0 spiro atoms. The van der Waals surface area contributed by atoms with Crippen molar-refractivity contribution >= 4 is 50.5 Å². The molecule has 0 saturated heterocycles. The predicted molar refractivity (Wildman–Crippen MR) is 156 cm³/mol. The van der Waals surface area contributed by atoms with Gasteiger partial charge in [-0.05, 0) is 87.6 Å². The smallest absolute Gasteiger partial charge is 0.309 e. The van der Waals surface area contributed by atoms with Crippen molar-refractivity contribution < 1.29 is 17.0 Å². The van der Waals surface area contributed by atoms with E-state index in [4.69, 9.17) is 45.3 Å². The van der Waals surface area contributed by atoms with Crippen molar-refractivity contribution in [3.8, 4) is 22.7 Å². The van der Waals surface area contributed by atoms with E-state index in [1.807, 2.05) is 23.6 Å². The van der Waals surface area contributed by atoms with Gasteiger partial charge in [0.05, 0.1) is 23.1 Å². The van der Waals surface area contributed by atoms with Crippen LogP contribution in [0.2, 0.25) is 10.0 Å². The van der Waals surface area contributed by atoms with E-state index in [0.717, 1.165) is 53.9 Å². The van der Waals surface area contributed by atoms with Crippen molar-refractivity contribution in [2.24, 2.45) is 5.73 Å². The molecular weight excluding hydrogens is 568 g/mol. The standard InChI is InChI=1S/C27H30Cl2FN3O3S2/c1-17-24(27(37)32-20-5-2-4-19(31)15-20)16-26(23-11-6-18(28)14-25(23)29)33(17)21-7-9-22(10-8-21)36-38(34,35)13-3-12-30/h6-11,14,16,19-20H,2-5,12-13,15,31H2,1H3,(H,32,37). The van der Waals surface area contributed by atoms with Crippen LogP contribution in [0.1, 0.15) is 43.4 Å². The monoisotopic (exact) mass is 597 g/mol. The van der Waals surface area contributed by atoms with Crippen LogP contribution < -0.4 is 15.2 Å². The van der Waals surface area contributed by atoms with Crippen molar-refractivity contribution in [3.63, 3.8) is 0 Å². The first-order valence-corrected chi connectivity index (χ1v) is 15.1. The summed E-state index contributed by atoms with van der Waals surface area (Å²) < 4.78 is 43.7. The van der Waals surface area contributed by atoms with Gasteiger partial charge < -0.3 is 19.8 Å². The highest BCUT2D eigenvalue weighted by molar-refractivity contribution is 7.87. The molecule has 1 aromatic heterocycles. The lowest BCUT2D eigenvalue weighted by Gasteiger charge is -2.28. The van der Waals surface area contributed by atoms with Crippen LogP contribution in [0.25, 0.3) is 16.9 Å². The van der Waals surface area contributed by atoms with Crippen LogP contribution >= 0.6 is 35.4 Å². The zero-order valence-electron chi connectivity index (χ0n) is 20.9. The zero-order valence-corrected chi connectivity index (χ0v) is 24.1. The quantitative estimate of drug-likeness (QED) is 0.220. The van der Waals surface area contributed by atoms with Gasteiger partial charge in [-0.25, -0.2) is 0 Å². The number of aromatic nitrogens is 1. The number of nitrogens with two attached hydrogens (primary N) is 1. The van der Waals surface area contributed by atoms with E-state index in [0.29, 0.717) is 15.0 Å². The molecule has 1 aliphatic carbocycles. The van der Waals surface area contributed by atoms with E-state index in [9.17, 15) is 12.8 Å². The summed E-state index contributed by atoms with van der Waals surface area (Å²) in [5, 5.41) is 4.50. The third-order valence-electron chi connectivity index (χ3n) is 6.59. The van der Waals surface area contributed by atoms with Gasteiger partial charge in [-0.15, -0.1) is 0 Å². The van der Waals surface area contributed by atoms with Gasteiger partial charge in [0, 0.05) is 39.6 Å². The molecule has 4 rings (SSSR count). The van der Waals surface area contributed by atoms with Crippen molar-refractivity contribution in [1.29, 1.82) is 0 Å². The number of nitrogens with zero attached hydrogens (tertiary/aromatic N) is 1. The second-order valence-electron chi connectivity index (χ2n) is 9.47. The van der Waals surface area contributed by atoms with E-state index in [1.165, 1.54) is 0 Å². The number of rotatable bonds is 9. The lowest BCUT2D eigenvalue weighted by atomic mass is 9.91. The third-order valence-corrected chi connectivity index (χ3v) is 8.72. The number of alkyl halides is 1. The molecule has 1 saturated carbocycles. The molecule has 2 atom stereocenters. The Bertz CT molecular complexity index is 1410. The van der Waals surface area contributed by atoms with Crippen molar-refractivity contribution in [2.75, 3.05) is 12.4 Å². The van der Waals surface area contributed by atoms with Gasteiger partial charge in [-0.1, -0.05) is 35.4 Å². The Morgan fingerprint density at radius 3 is 2.58 bits per heavy atom. The molecule has 1 heterocycles. The first kappa shape index (κ1) is 28.8. The molecule has 0 bridgehead atoms. The lowest BCUT2D eigenvalue weighted by Crippen LogP contribution is -2.41. The average molecular weight is 599 g/mol. The van der Waals surface area contributed by atoms with E-state index in [2.05, 4.69) is 5.32 Å².